The number of carbonyl (C=O) groups is 1. The maximum Gasteiger partial charge on any atom is 0.226 e. The minimum Gasteiger partial charge on any atom is -0.353 e. The molecule has 0 unspecified atom stereocenters. The van der Waals surface area contributed by atoms with Crippen molar-refractivity contribution in [2.24, 2.45) is 40.4 Å². The Labute approximate surface area is 163 Å². The van der Waals surface area contributed by atoms with Crippen LogP contribution in [0.5, 0.6) is 0 Å². The lowest BCUT2D eigenvalue weighted by Gasteiger charge is -2.61. The predicted molar refractivity (Wildman–Crippen MR) is 104 cm³/mol. The van der Waals surface area contributed by atoms with Crippen LogP contribution < -0.4 is 5.32 Å². The lowest BCUT2D eigenvalue weighted by Crippen LogP contribution is -2.62. The van der Waals surface area contributed by atoms with E-state index in [-0.39, 0.29) is 10.3 Å². The first-order valence-electron chi connectivity index (χ1n) is 11.4. The fourth-order valence-electron chi connectivity index (χ4n) is 9.63. The summed E-state index contributed by atoms with van der Waals surface area (Å²) in [6, 6.07) is 0.350. The van der Waals surface area contributed by atoms with Gasteiger partial charge in [-0.3, -0.25) is 4.79 Å². The summed E-state index contributed by atoms with van der Waals surface area (Å²) >= 11 is 6.98. The van der Waals surface area contributed by atoms with Gasteiger partial charge in [-0.15, -0.1) is 11.6 Å². The van der Waals surface area contributed by atoms with Crippen LogP contribution in [0.4, 0.5) is 0 Å². The Kier molecular flexibility index (Phi) is 3.35. The van der Waals surface area contributed by atoms with Crippen molar-refractivity contribution in [3.8, 4) is 0 Å². The molecule has 144 valence electrons. The van der Waals surface area contributed by atoms with E-state index in [1.165, 1.54) is 44.9 Å². The molecule has 0 spiro atoms. The van der Waals surface area contributed by atoms with E-state index >= 15 is 0 Å². The summed E-state index contributed by atoms with van der Waals surface area (Å²) < 4.78 is 0. The Morgan fingerprint density at radius 1 is 0.846 bits per heavy atom. The van der Waals surface area contributed by atoms with Crippen molar-refractivity contribution < 1.29 is 4.79 Å². The summed E-state index contributed by atoms with van der Waals surface area (Å²) in [4.78, 5) is 13.5. The van der Waals surface area contributed by atoms with Crippen LogP contribution in [-0.2, 0) is 4.79 Å². The lowest BCUT2D eigenvalue weighted by molar-refractivity contribution is -0.148. The molecular formula is C23H34ClNO. The minimum absolute atomic E-state index is 0.0641. The third-order valence-electron chi connectivity index (χ3n) is 9.82. The molecule has 0 saturated heterocycles. The topological polar surface area (TPSA) is 29.1 Å². The number of rotatable bonds is 3. The maximum atomic E-state index is 13.6. The number of hydrogen-bond acceptors (Lipinski definition) is 1. The first kappa shape index (κ1) is 16.7. The second-order valence-electron chi connectivity index (χ2n) is 11.9. The summed E-state index contributed by atoms with van der Waals surface area (Å²) in [6.07, 6.45) is 15.3. The van der Waals surface area contributed by atoms with Gasteiger partial charge < -0.3 is 5.32 Å². The summed E-state index contributed by atoms with van der Waals surface area (Å²) in [6.45, 7) is 2.34. The largest absolute Gasteiger partial charge is 0.353 e. The van der Waals surface area contributed by atoms with Crippen molar-refractivity contribution >= 4 is 17.5 Å². The van der Waals surface area contributed by atoms with Gasteiger partial charge in [0.1, 0.15) is 0 Å². The van der Waals surface area contributed by atoms with Gasteiger partial charge in [-0.05, 0) is 119 Å². The number of hydrogen-bond donors (Lipinski definition) is 1. The van der Waals surface area contributed by atoms with Crippen molar-refractivity contribution in [2.45, 2.75) is 94.9 Å². The van der Waals surface area contributed by atoms with Gasteiger partial charge in [-0.25, -0.2) is 0 Å². The standard InChI is InChI=1S/C23H34ClNO/c1-14(21-6-15-2-16(7-21)4-17(3-15)8-21)25-20(26)22-9-18-5-19(10-22)12-23(24,11-18)13-22/h14-19H,2-13H2,1H3,(H,25,26)/t14-,15?,16?,17?,18-,19-,21?,22?,23?/m0/s1. The van der Waals surface area contributed by atoms with E-state index in [2.05, 4.69) is 12.2 Å². The Balaban J connectivity index is 1.22. The molecule has 8 aliphatic carbocycles. The molecule has 0 aliphatic heterocycles. The summed E-state index contributed by atoms with van der Waals surface area (Å²) in [5.74, 6) is 4.63. The van der Waals surface area contributed by atoms with E-state index in [0.29, 0.717) is 29.2 Å². The summed E-state index contributed by atoms with van der Waals surface area (Å²) in [5, 5.41) is 3.61. The van der Waals surface area contributed by atoms with Crippen molar-refractivity contribution in [1.29, 1.82) is 0 Å². The van der Waals surface area contributed by atoms with Gasteiger partial charge in [0, 0.05) is 10.9 Å². The Bertz CT molecular complexity index is 593. The number of halogens is 1. The van der Waals surface area contributed by atoms with Crippen LogP contribution in [0.15, 0.2) is 0 Å². The number of carbonyl (C=O) groups excluding carboxylic acids is 1. The quantitative estimate of drug-likeness (QED) is 0.667. The molecule has 2 nitrogen and oxygen atoms in total. The number of amides is 1. The first-order valence-corrected chi connectivity index (χ1v) is 11.7. The Hall–Kier alpha value is -0.240. The first-order chi connectivity index (χ1) is 12.4. The van der Waals surface area contributed by atoms with Crippen molar-refractivity contribution in [3.05, 3.63) is 0 Å². The van der Waals surface area contributed by atoms with Gasteiger partial charge in [0.15, 0.2) is 0 Å². The zero-order chi connectivity index (χ0) is 17.7. The minimum atomic E-state index is -0.137. The highest BCUT2D eigenvalue weighted by Crippen LogP contribution is 2.65. The molecule has 0 aromatic rings. The molecule has 0 aromatic heterocycles. The third-order valence-corrected chi connectivity index (χ3v) is 10.3. The SMILES string of the molecule is C[C@H](NC(=O)C12C[C@@H]3C[C@H](CC(Cl)(C3)C1)C2)C12CC3CC(CC(C3)C1)C2. The van der Waals surface area contributed by atoms with E-state index in [4.69, 9.17) is 11.6 Å². The van der Waals surface area contributed by atoms with Crippen LogP contribution in [0.3, 0.4) is 0 Å². The Morgan fingerprint density at radius 2 is 1.35 bits per heavy atom. The maximum absolute atomic E-state index is 13.6. The van der Waals surface area contributed by atoms with Crippen molar-refractivity contribution in [1.82, 2.24) is 5.32 Å². The highest BCUT2D eigenvalue weighted by Gasteiger charge is 2.61. The zero-order valence-corrected chi connectivity index (χ0v) is 17.0. The van der Waals surface area contributed by atoms with Gasteiger partial charge >= 0.3 is 0 Å². The molecule has 0 radical (unpaired) electrons. The van der Waals surface area contributed by atoms with Gasteiger partial charge in [0.25, 0.3) is 0 Å². The molecule has 8 saturated carbocycles. The molecule has 8 bridgehead atoms. The van der Waals surface area contributed by atoms with Crippen LogP contribution in [0.1, 0.15) is 84.0 Å². The highest BCUT2D eigenvalue weighted by atomic mass is 35.5. The predicted octanol–water partition coefficient (Wildman–Crippen LogP) is 5.29. The Morgan fingerprint density at radius 3 is 1.85 bits per heavy atom. The monoisotopic (exact) mass is 375 g/mol. The second kappa shape index (κ2) is 5.22. The molecule has 0 aromatic carbocycles. The fourth-order valence-corrected chi connectivity index (χ4v) is 10.3. The molecule has 3 atom stereocenters. The van der Waals surface area contributed by atoms with E-state index in [9.17, 15) is 4.79 Å². The summed E-state index contributed by atoms with van der Waals surface area (Å²) in [7, 11) is 0. The second-order valence-corrected chi connectivity index (χ2v) is 12.7. The van der Waals surface area contributed by atoms with Gasteiger partial charge in [0.2, 0.25) is 5.91 Å². The van der Waals surface area contributed by atoms with Crippen LogP contribution >= 0.6 is 11.6 Å². The molecule has 1 N–H and O–H groups in total. The number of nitrogens with one attached hydrogen (secondary N) is 1. The fraction of sp³-hybridized carbons (Fsp3) is 0.957. The molecule has 8 fully saturated rings. The van der Waals surface area contributed by atoms with E-state index in [1.807, 2.05) is 0 Å². The van der Waals surface area contributed by atoms with Crippen LogP contribution in [0.25, 0.3) is 0 Å². The molecule has 8 aliphatic rings. The van der Waals surface area contributed by atoms with Crippen molar-refractivity contribution in [3.63, 3.8) is 0 Å². The van der Waals surface area contributed by atoms with E-state index in [1.54, 1.807) is 0 Å². The number of alkyl halides is 1. The highest BCUT2D eigenvalue weighted by molar-refractivity contribution is 6.24. The third kappa shape index (κ3) is 2.32. The molecule has 0 heterocycles. The zero-order valence-electron chi connectivity index (χ0n) is 16.2. The van der Waals surface area contributed by atoms with Crippen LogP contribution in [0, 0.1) is 40.4 Å². The normalized spacial score (nSPS) is 57.4. The average Bonchev–Trinajstić information content (AvgIpc) is 2.51. The van der Waals surface area contributed by atoms with Gasteiger partial charge in [-0.2, -0.15) is 0 Å². The lowest BCUT2D eigenvalue weighted by atomic mass is 9.47. The average molecular weight is 376 g/mol. The van der Waals surface area contributed by atoms with Gasteiger partial charge in [-0.1, -0.05) is 0 Å². The van der Waals surface area contributed by atoms with Crippen molar-refractivity contribution in [2.75, 3.05) is 0 Å². The smallest absolute Gasteiger partial charge is 0.226 e. The molecule has 1 amide bonds. The van der Waals surface area contributed by atoms with Crippen LogP contribution in [0.2, 0.25) is 0 Å². The van der Waals surface area contributed by atoms with Crippen LogP contribution in [-0.4, -0.2) is 16.8 Å². The summed E-state index contributed by atoms with van der Waals surface area (Å²) in [5.41, 5.74) is 0.272. The van der Waals surface area contributed by atoms with E-state index in [0.717, 1.165) is 49.9 Å². The van der Waals surface area contributed by atoms with Gasteiger partial charge in [0.05, 0.1) is 5.41 Å². The molecule has 3 heteroatoms. The van der Waals surface area contributed by atoms with E-state index < -0.39 is 0 Å². The molecular weight excluding hydrogens is 342 g/mol. The molecule has 26 heavy (non-hydrogen) atoms. The molecule has 8 rings (SSSR count).